The summed E-state index contributed by atoms with van der Waals surface area (Å²) in [4.78, 5) is 8.17. The Morgan fingerprint density at radius 2 is 1.72 bits per heavy atom. The summed E-state index contributed by atoms with van der Waals surface area (Å²) in [7, 11) is 0. The lowest BCUT2D eigenvalue weighted by Crippen LogP contribution is -2.38. The average Bonchev–Trinajstić information content (AvgIpc) is 2.59. The molecule has 1 aromatic carbocycles. The Kier molecular flexibility index (Phi) is 8.20. The first kappa shape index (κ1) is 19.7. The predicted molar refractivity (Wildman–Crippen MR) is 108 cm³/mol. The second kappa shape index (κ2) is 10.4. The molecule has 1 fully saturated rings. The molecule has 0 aromatic heterocycles. The Morgan fingerprint density at radius 3 is 2.40 bits per heavy atom. The molecule has 0 unspecified atom stereocenters. The van der Waals surface area contributed by atoms with Gasteiger partial charge in [-0.15, -0.1) is 0 Å². The van der Waals surface area contributed by atoms with Crippen molar-refractivity contribution in [1.82, 2.24) is 4.90 Å². The summed E-state index contributed by atoms with van der Waals surface area (Å²) in [6.45, 7) is 10.8. The largest absolute Gasteiger partial charge is 0.396 e. The topological polar surface area (TPSA) is 24.8 Å². The highest BCUT2D eigenvalue weighted by Crippen LogP contribution is 2.23. The molecule has 2 rings (SSSR count). The molecule has 0 heterocycles. The second-order valence-corrected chi connectivity index (χ2v) is 7.44. The molecule has 0 saturated heterocycles. The van der Waals surface area contributed by atoms with Gasteiger partial charge in [0.15, 0.2) is 0 Å². The van der Waals surface area contributed by atoms with Gasteiger partial charge in [0.25, 0.3) is 0 Å². The van der Waals surface area contributed by atoms with Crippen LogP contribution < -0.4 is 0 Å². The number of hydrogen-bond donors (Lipinski definition) is 0. The first-order chi connectivity index (χ1) is 12.1. The van der Waals surface area contributed by atoms with Crippen LogP contribution in [0.25, 0.3) is 6.08 Å². The van der Waals surface area contributed by atoms with Crippen LogP contribution in [0.2, 0.25) is 0 Å². The van der Waals surface area contributed by atoms with Crippen molar-refractivity contribution in [2.45, 2.75) is 71.9 Å². The lowest BCUT2D eigenvalue weighted by molar-refractivity contribution is 0.111. The van der Waals surface area contributed by atoms with E-state index in [0.717, 1.165) is 31.5 Å². The van der Waals surface area contributed by atoms with Gasteiger partial charge in [-0.05, 0) is 77.0 Å². The molecule has 0 spiro atoms. The number of hydrogen-bond acceptors (Lipinski definition) is 3. The van der Waals surface area contributed by atoms with Gasteiger partial charge in [-0.1, -0.05) is 35.5 Å². The van der Waals surface area contributed by atoms with E-state index in [4.69, 9.17) is 4.84 Å². The van der Waals surface area contributed by atoms with Crippen molar-refractivity contribution in [2.75, 3.05) is 13.2 Å². The number of rotatable bonds is 8. The van der Waals surface area contributed by atoms with E-state index in [1.54, 1.807) is 0 Å². The minimum Gasteiger partial charge on any atom is -0.396 e. The zero-order valence-corrected chi connectivity index (χ0v) is 16.4. The van der Waals surface area contributed by atoms with Gasteiger partial charge in [0.1, 0.15) is 6.61 Å². The zero-order valence-electron chi connectivity index (χ0n) is 16.4. The molecule has 0 aliphatic heterocycles. The highest BCUT2D eigenvalue weighted by atomic mass is 16.6. The molecule has 1 aromatic rings. The lowest BCUT2D eigenvalue weighted by Gasteiger charge is -2.30. The lowest BCUT2D eigenvalue weighted by atomic mass is 9.91. The molecule has 1 saturated carbocycles. The van der Waals surface area contributed by atoms with E-state index >= 15 is 0 Å². The van der Waals surface area contributed by atoms with Gasteiger partial charge in [0, 0.05) is 18.6 Å². The maximum atomic E-state index is 5.67. The normalized spacial score (nSPS) is 18.7. The highest BCUT2D eigenvalue weighted by Gasteiger charge is 2.15. The third-order valence-corrected chi connectivity index (χ3v) is 4.77. The van der Waals surface area contributed by atoms with E-state index in [1.807, 2.05) is 0 Å². The molecule has 3 nitrogen and oxygen atoms in total. The Labute approximate surface area is 153 Å². The highest BCUT2D eigenvalue weighted by molar-refractivity contribution is 6.03. The minimum absolute atomic E-state index is 0.574. The molecule has 0 atom stereocenters. The smallest absolute Gasteiger partial charge is 0.118 e. The van der Waals surface area contributed by atoms with Gasteiger partial charge in [-0.25, -0.2) is 0 Å². The van der Waals surface area contributed by atoms with E-state index in [0.29, 0.717) is 18.7 Å². The van der Waals surface area contributed by atoms with Crippen LogP contribution in [0, 0.1) is 0 Å². The summed E-state index contributed by atoms with van der Waals surface area (Å²) >= 11 is 0. The zero-order chi connectivity index (χ0) is 18.1. The van der Waals surface area contributed by atoms with Crippen molar-refractivity contribution in [2.24, 2.45) is 5.16 Å². The number of oxime groups is 1. The van der Waals surface area contributed by atoms with E-state index in [1.165, 1.54) is 24.0 Å². The summed E-state index contributed by atoms with van der Waals surface area (Å²) < 4.78 is 0. The fourth-order valence-electron chi connectivity index (χ4n) is 3.47. The van der Waals surface area contributed by atoms with Crippen LogP contribution in [-0.4, -0.2) is 35.8 Å². The molecular weight excluding hydrogens is 308 g/mol. The van der Waals surface area contributed by atoms with Gasteiger partial charge in [-0.3, -0.25) is 4.90 Å². The molecule has 3 heteroatoms. The molecule has 0 bridgehead atoms. The van der Waals surface area contributed by atoms with Gasteiger partial charge in [0.2, 0.25) is 0 Å². The fourth-order valence-corrected chi connectivity index (χ4v) is 3.47. The van der Waals surface area contributed by atoms with Gasteiger partial charge in [-0.2, -0.15) is 0 Å². The van der Waals surface area contributed by atoms with E-state index in [-0.39, 0.29) is 0 Å². The van der Waals surface area contributed by atoms with Crippen LogP contribution in [0.1, 0.15) is 65.4 Å². The van der Waals surface area contributed by atoms with Crippen LogP contribution in [0.15, 0.2) is 41.1 Å². The van der Waals surface area contributed by atoms with Crippen LogP contribution in [0.3, 0.4) is 0 Å². The van der Waals surface area contributed by atoms with Crippen molar-refractivity contribution >= 4 is 11.8 Å². The molecule has 25 heavy (non-hydrogen) atoms. The van der Waals surface area contributed by atoms with Crippen molar-refractivity contribution in [3.05, 3.63) is 41.5 Å². The van der Waals surface area contributed by atoms with Crippen LogP contribution in [-0.2, 0) is 4.84 Å². The number of allylic oxidation sites excluding steroid dienone is 1. The summed E-state index contributed by atoms with van der Waals surface area (Å²) in [5.41, 5.74) is 3.72. The van der Waals surface area contributed by atoms with Gasteiger partial charge in [0.05, 0.1) is 5.71 Å². The predicted octanol–water partition coefficient (Wildman–Crippen LogP) is 5.53. The third-order valence-electron chi connectivity index (χ3n) is 4.77. The van der Waals surface area contributed by atoms with Crippen LogP contribution in [0.4, 0.5) is 0 Å². The van der Waals surface area contributed by atoms with E-state index in [9.17, 15) is 0 Å². The molecule has 1 aliphatic carbocycles. The van der Waals surface area contributed by atoms with Crippen molar-refractivity contribution in [1.29, 1.82) is 0 Å². The first-order valence-corrected chi connectivity index (χ1v) is 9.78. The Hall–Kier alpha value is -1.61. The Morgan fingerprint density at radius 1 is 1.04 bits per heavy atom. The molecular formula is C22H34N2O. The van der Waals surface area contributed by atoms with Gasteiger partial charge < -0.3 is 4.84 Å². The molecule has 0 radical (unpaired) electrons. The average molecular weight is 343 g/mol. The van der Waals surface area contributed by atoms with Crippen molar-refractivity contribution in [3.63, 3.8) is 0 Å². The maximum absolute atomic E-state index is 5.67. The molecule has 138 valence electrons. The number of nitrogens with zero attached hydrogens (tertiary/aromatic N) is 2. The van der Waals surface area contributed by atoms with Crippen molar-refractivity contribution in [3.8, 4) is 0 Å². The monoisotopic (exact) mass is 342 g/mol. The Balaban J connectivity index is 1.87. The molecule has 1 aliphatic rings. The first-order valence-electron chi connectivity index (χ1n) is 9.78. The van der Waals surface area contributed by atoms with E-state index in [2.05, 4.69) is 74.2 Å². The van der Waals surface area contributed by atoms with Gasteiger partial charge >= 0.3 is 0 Å². The molecule has 0 N–H and O–H groups in total. The SMILES string of the molecule is CC(C)N(CCCON=C1CCCCC1=Cc1ccccc1)C(C)C. The number of benzene rings is 1. The van der Waals surface area contributed by atoms with Crippen LogP contribution in [0.5, 0.6) is 0 Å². The van der Waals surface area contributed by atoms with Crippen LogP contribution >= 0.6 is 0 Å². The van der Waals surface area contributed by atoms with E-state index < -0.39 is 0 Å². The standard InChI is InChI=1S/C22H34N2O/c1-18(2)24(19(3)4)15-10-16-25-23-22-14-9-8-13-21(22)17-20-11-6-5-7-12-20/h5-7,11-12,17-19H,8-10,13-16H2,1-4H3. The summed E-state index contributed by atoms with van der Waals surface area (Å²) in [6, 6.07) is 11.7. The van der Waals surface area contributed by atoms with Crippen molar-refractivity contribution < 1.29 is 4.84 Å². The summed E-state index contributed by atoms with van der Waals surface area (Å²) in [6.07, 6.45) is 7.87. The third kappa shape index (κ3) is 6.66. The summed E-state index contributed by atoms with van der Waals surface area (Å²) in [5.74, 6) is 0. The quantitative estimate of drug-likeness (QED) is 0.458. The maximum Gasteiger partial charge on any atom is 0.118 e. The molecule has 0 amide bonds. The second-order valence-electron chi connectivity index (χ2n) is 7.44. The fraction of sp³-hybridized carbons (Fsp3) is 0.591. The Bertz CT molecular complexity index is 553. The minimum atomic E-state index is 0.574. The summed E-state index contributed by atoms with van der Waals surface area (Å²) in [5, 5.41) is 4.48.